The van der Waals surface area contributed by atoms with Gasteiger partial charge < -0.3 is 4.74 Å². The predicted molar refractivity (Wildman–Crippen MR) is 79.7 cm³/mol. The highest BCUT2D eigenvalue weighted by Crippen LogP contribution is 2.29. The minimum Gasteiger partial charge on any atom is -0.487 e. The Bertz CT molecular complexity index is 652. The molecule has 0 amide bonds. The number of nitriles is 1. The molecule has 0 saturated heterocycles. The molecule has 5 heteroatoms. The van der Waals surface area contributed by atoms with Crippen LogP contribution in [0.5, 0.6) is 5.75 Å². The van der Waals surface area contributed by atoms with Crippen molar-refractivity contribution in [1.82, 2.24) is 0 Å². The van der Waals surface area contributed by atoms with E-state index in [2.05, 4.69) is 15.9 Å². The van der Waals surface area contributed by atoms with Crippen LogP contribution in [0.3, 0.4) is 0 Å². The lowest BCUT2D eigenvalue weighted by atomic mass is 10.1. The molecule has 0 radical (unpaired) electrons. The summed E-state index contributed by atoms with van der Waals surface area (Å²) in [6, 6.07) is 12.5. The molecular weight excluding hydrogens is 349 g/mol. The fraction of sp³-hybridized carbons (Fsp3) is 0.0714. The zero-order valence-corrected chi connectivity index (χ0v) is 12.8. The van der Waals surface area contributed by atoms with Crippen molar-refractivity contribution in [1.29, 1.82) is 5.26 Å². The van der Waals surface area contributed by atoms with Crippen LogP contribution in [0.1, 0.15) is 11.1 Å². The highest BCUT2D eigenvalue weighted by atomic mass is 79.9. The first-order valence-corrected chi connectivity index (χ1v) is 6.91. The van der Waals surface area contributed by atoms with Gasteiger partial charge in [-0.3, -0.25) is 0 Å². The van der Waals surface area contributed by atoms with E-state index in [1.807, 2.05) is 12.1 Å². The van der Waals surface area contributed by atoms with Crippen LogP contribution in [0, 0.1) is 11.3 Å². The van der Waals surface area contributed by atoms with Gasteiger partial charge in [0.05, 0.1) is 16.7 Å². The summed E-state index contributed by atoms with van der Waals surface area (Å²) >= 11 is 15.5. The van der Waals surface area contributed by atoms with Crippen molar-refractivity contribution in [3.8, 4) is 11.8 Å². The third-order valence-corrected chi connectivity index (χ3v) is 3.62. The van der Waals surface area contributed by atoms with Gasteiger partial charge in [-0.05, 0) is 30.3 Å². The van der Waals surface area contributed by atoms with Gasteiger partial charge in [0.2, 0.25) is 0 Å². The number of nitrogens with zero attached hydrogens (tertiary/aromatic N) is 1. The van der Waals surface area contributed by atoms with Crippen LogP contribution in [-0.2, 0) is 6.61 Å². The summed E-state index contributed by atoms with van der Waals surface area (Å²) in [6.07, 6.45) is 0. The smallest absolute Gasteiger partial charge is 0.139 e. The molecule has 0 bridgehead atoms. The number of benzene rings is 2. The molecule has 96 valence electrons. The molecule has 19 heavy (non-hydrogen) atoms. The van der Waals surface area contributed by atoms with Crippen molar-refractivity contribution >= 4 is 39.1 Å². The number of rotatable bonds is 3. The van der Waals surface area contributed by atoms with Gasteiger partial charge >= 0.3 is 0 Å². The van der Waals surface area contributed by atoms with Crippen molar-refractivity contribution in [3.05, 3.63) is 62.0 Å². The molecule has 2 nitrogen and oxygen atoms in total. The molecule has 0 spiro atoms. The molecule has 0 saturated carbocycles. The summed E-state index contributed by atoms with van der Waals surface area (Å²) in [7, 11) is 0. The highest BCUT2D eigenvalue weighted by Gasteiger charge is 2.06. The average molecular weight is 357 g/mol. The quantitative estimate of drug-likeness (QED) is 0.756. The maximum atomic E-state index is 8.77. The molecule has 2 aromatic carbocycles. The molecule has 0 aliphatic rings. The second kappa shape index (κ2) is 6.29. The second-order valence-corrected chi connectivity index (χ2v) is 5.51. The Morgan fingerprint density at radius 3 is 2.58 bits per heavy atom. The number of hydrogen-bond donors (Lipinski definition) is 0. The molecule has 0 aliphatic carbocycles. The monoisotopic (exact) mass is 355 g/mol. The summed E-state index contributed by atoms with van der Waals surface area (Å²) in [6.45, 7) is 0.292. The molecular formula is C14H8BrCl2NO. The first-order valence-electron chi connectivity index (χ1n) is 5.36. The molecule has 0 heterocycles. The molecule has 0 atom stereocenters. The number of hydrogen-bond acceptors (Lipinski definition) is 2. The van der Waals surface area contributed by atoms with Crippen molar-refractivity contribution in [2.24, 2.45) is 0 Å². The topological polar surface area (TPSA) is 33.0 Å². The van der Waals surface area contributed by atoms with E-state index in [-0.39, 0.29) is 0 Å². The highest BCUT2D eigenvalue weighted by molar-refractivity contribution is 9.10. The van der Waals surface area contributed by atoms with Gasteiger partial charge in [-0.25, -0.2) is 0 Å². The van der Waals surface area contributed by atoms with E-state index in [9.17, 15) is 0 Å². The number of ether oxygens (including phenoxy) is 1. The molecule has 2 rings (SSSR count). The van der Waals surface area contributed by atoms with Crippen LogP contribution in [0.25, 0.3) is 0 Å². The fourth-order valence-electron chi connectivity index (χ4n) is 1.48. The molecule has 0 fully saturated rings. The van der Waals surface area contributed by atoms with Crippen LogP contribution in [0.4, 0.5) is 0 Å². The largest absolute Gasteiger partial charge is 0.487 e. The fourth-order valence-corrected chi connectivity index (χ4v) is 2.22. The van der Waals surface area contributed by atoms with Gasteiger partial charge in [-0.1, -0.05) is 45.2 Å². The van der Waals surface area contributed by atoms with Crippen molar-refractivity contribution in [2.45, 2.75) is 6.61 Å². The van der Waals surface area contributed by atoms with E-state index in [1.165, 1.54) is 0 Å². The number of halogens is 3. The molecule has 2 aromatic rings. The van der Waals surface area contributed by atoms with E-state index < -0.39 is 0 Å². The van der Waals surface area contributed by atoms with Crippen LogP contribution >= 0.6 is 39.1 Å². The second-order valence-electron chi connectivity index (χ2n) is 3.78. The third-order valence-electron chi connectivity index (χ3n) is 2.46. The minimum absolute atomic E-state index is 0.292. The Labute approximate surface area is 129 Å². The lowest BCUT2D eigenvalue weighted by Gasteiger charge is -2.09. The van der Waals surface area contributed by atoms with E-state index in [1.54, 1.807) is 30.3 Å². The summed E-state index contributed by atoms with van der Waals surface area (Å²) in [4.78, 5) is 0. The van der Waals surface area contributed by atoms with Gasteiger partial charge in [0, 0.05) is 15.1 Å². The average Bonchev–Trinajstić information content (AvgIpc) is 2.40. The summed E-state index contributed by atoms with van der Waals surface area (Å²) < 4.78 is 6.52. The molecule has 0 aliphatic heterocycles. The van der Waals surface area contributed by atoms with E-state index >= 15 is 0 Å². The van der Waals surface area contributed by atoms with Gasteiger partial charge in [0.1, 0.15) is 12.4 Å². The Balaban J connectivity index is 2.15. The first-order chi connectivity index (χ1) is 9.10. The minimum atomic E-state index is 0.292. The maximum Gasteiger partial charge on any atom is 0.139 e. The van der Waals surface area contributed by atoms with Crippen LogP contribution in [-0.4, -0.2) is 0 Å². The normalized spacial score (nSPS) is 10.0. The standard InChI is InChI=1S/C14H8BrCl2NO/c15-11-3-4-12(16)14(6-11)19-8-10-2-1-9(7-18)5-13(10)17/h1-6H,8H2. The van der Waals surface area contributed by atoms with Gasteiger partial charge in [0.25, 0.3) is 0 Å². The third kappa shape index (κ3) is 3.63. The predicted octanol–water partition coefficient (Wildman–Crippen LogP) is 5.21. The molecule has 0 unspecified atom stereocenters. The van der Waals surface area contributed by atoms with Crippen LogP contribution in [0.2, 0.25) is 10.0 Å². The Morgan fingerprint density at radius 2 is 1.89 bits per heavy atom. The lowest BCUT2D eigenvalue weighted by molar-refractivity contribution is 0.306. The van der Waals surface area contributed by atoms with Crippen molar-refractivity contribution < 1.29 is 4.74 Å². The van der Waals surface area contributed by atoms with Crippen molar-refractivity contribution in [2.75, 3.05) is 0 Å². The van der Waals surface area contributed by atoms with Crippen LogP contribution in [0.15, 0.2) is 40.9 Å². The Morgan fingerprint density at radius 1 is 1.11 bits per heavy atom. The maximum absolute atomic E-state index is 8.77. The van der Waals surface area contributed by atoms with Gasteiger partial charge in [0.15, 0.2) is 0 Å². The summed E-state index contributed by atoms with van der Waals surface area (Å²) in [5.74, 6) is 0.580. The zero-order valence-electron chi connectivity index (χ0n) is 9.66. The van der Waals surface area contributed by atoms with E-state index in [0.29, 0.717) is 28.0 Å². The van der Waals surface area contributed by atoms with E-state index in [0.717, 1.165) is 10.0 Å². The molecule has 0 aromatic heterocycles. The molecule has 0 N–H and O–H groups in total. The first kappa shape index (κ1) is 14.2. The SMILES string of the molecule is N#Cc1ccc(COc2cc(Br)ccc2Cl)c(Cl)c1. The van der Waals surface area contributed by atoms with Gasteiger partial charge in [-0.15, -0.1) is 0 Å². The van der Waals surface area contributed by atoms with Gasteiger partial charge in [-0.2, -0.15) is 5.26 Å². The zero-order chi connectivity index (χ0) is 13.8. The Kier molecular flexibility index (Phi) is 4.71. The summed E-state index contributed by atoms with van der Waals surface area (Å²) in [5, 5.41) is 9.81. The Hall–Kier alpha value is -1.21. The lowest BCUT2D eigenvalue weighted by Crippen LogP contribution is -1.97. The van der Waals surface area contributed by atoms with E-state index in [4.69, 9.17) is 33.2 Å². The van der Waals surface area contributed by atoms with Crippen LogP contribution < -0.4 is 4.74 Å². The summed E-state index contributed by atoms with van der Waals surface area (Å²) in [5.41, 5.74) is 1.32. The van der Waals surface area contributed by atoms with Crippen molar-refractivity contribution in [3.63, 3.8) is 0 Å².